The largest absolute Gasteiger partial charge is 0.335 e. The summed E-state index contributed by atoms with van der Waals surface area (Å²) in [5, 5.41) is 3.46. The van der Waals surface area contributed by atoms with Gasteiger partial charge in [-0.2, -0.15) is 0 Å². The molecule has 0 saturated carbocycles. The lowest BCUT2D eigenvalue weighted by molar-refractivity contribution is 0.419. The standard InChI is InChI=1S/C12H20N4/c1-8-5-9(2)15-12(14-8)16-7-10(3)13-6-11(16)4/h5,10-11,13H,6-7H2,1-4H3. The van der Waals surface area contributed by atoms with E-state index < -0.39 is 0 Å². The van der Waals surface area contributed by atoms with Crippen molar-refractivity contribution in [3.05, 3.63) is 17.5 Å². The van der Waals surface area contributed by atoms with Crippen molar-refractivity contribution in [1.82, 2.24) is 15.3 Å². The van der Waals surface area contributed by atoms with Gasteiger partial charge in [-0.1, -0.05) is 0 Å². The van der Waals surface area contributed by atoms with Crippen molar-refractivity contribution in [3.8, 4) is 0 Å². The molecule has 16 heavy (non-hydrogen) atoms. The number of hydrogen-bond donors (Lipinski definition) is 1. The van der Waals surface area contributed by atoms with Crippen LogP contribution in [0.1, 0.15) is 25.2 Å². The summed E-state index contributed by atoms with van der Waals surface area (Å²) in [4.78, 5) is 11.4. The van der Waals surface area contributed by atoms with E-state index in [1.807, 2.05) is 19.9 Å². The average molecular weight is 220 g/mol. The van der Waals surface area contributed by atoms with Crippen LogP contribution in [0.2, 0.25) is 0 Å². The average Bonchev–Trinajstić information content (AvgIpc) is 2.20. The lowest BCUT2D eigenvalue weighted by Gasteiger charge is -2.37. The van der Waals surface area contributed by atoms with Gasteiger partial charge in [0.15, 0.2) is 0 Å². The molecule has 2 rings (SSSR count). The van der Waals surface area contributed by atoms with E-state index in [0.717, 1.165) is 30.4 Å². The van der Waals surface area contributed by atoms with Crippen LogP contribution in [-0.4, -0.2) is 35.1 Å². The molecule has 1 aliphatic rings. The molecule has 88 valence electrons. The van der Waals surface area contributed by atoms with Gasteiger partial charge in [-0.25, -0.2) is 9.97 Å². The molecule has 0 amide bonds. The zero-order valence-electron chi connectivity index (χ0n) is 10.5. The molecule has 2 atom stereocenters. The molecule has 0 aromatic carbocycles. The Morgan fingerprint density at radius 2 is 1.88 bits per heavy atom. The second kappa shape index (κ2) is 4.37. The summed E-state index contributed by atoms with van der Waals surface area (Å²) in [6, 6.07) is 2.97. The van der Waals surface area contributed by atoms with Crippen LogP contribution in [0.25, 0.3) is 0 Å². The normalized spacial score (nSPS) is 25.9. The van der Waals surface area contributed by atoms with Crippen LogP contribution in [0.3, 0.4) is 0 Å². The maximum absolute atomic E-state index is 4.53. The third kappa shape index (κ3) is 2.32. The minimum atomic E-state index is 0.456. The van der Waals surface area contributed by atoms with Crippen molar-refractivity contribution in [1.29, 1.82) is 0 Å². The summed E-state index contributed by atoms with van der Waals surface area (Å²) >= 11 is 0. The highest BCUT2D eigenvalue weighted by molar-refractivity contribution is 5.35. The molecule has 0 spiro atoms. The smallest absolute Gasteiger partial charge is 0.226 e. The first-order valence-corrected chi connectivity index (χ1v) is 5.88. The number of piperazine rings is 1. The lowest BCUT2D eigenvalue weighted by atomic mass is 10.1. The molecule has 4 nitrogen and oxygen atoms in total. The van der Waals surface area contributed by atoms with E-state index in [-0.39, 0.29) is 0 Å². The number of hydrogen-bond acceptors (Lipinski definition) is 4. The Hall–Kier alpha value is -1.16. The molecule has 0 radical (unpaired) electrons. The molecule has 0 bridgehead atoms. The molecule has 1 aromatic rings. The first-order valence-electron chi connectivity index (χ1n) is 5.88. The summed E-state index contributed by atoms with van der Waals surface area (Å²) in [7, 11) is 0. The van der Waals surface area contributed by atoms with Gasteiger partial charge in [0, 0.05) is 36.6 Å². The Morgan fingerprint density at radius 1 is 1.25 bits per heavy atom. The van der Waals surface area contributed by atoms with Crippen molar-refractivity contribution in [2.75, 3.05) is 18.0 Å². The fourth-order valence-corrected chi connectivity index (χ4v) is 2.14. The fraction of sp³-hybridized carbons (Fsp3) is 0.667. The van der Waals surface area contributed by atoms with E-state index in [0.29, 0.717) is 12.1 Å². The molecule has 1 aliphatic heterocycles. The van der Waals surface area contributed by atoms with Crippen molar-refractivity contribution in [2.45, 2.75) is 39.8 Å². The highest BCUT2D eigenvalue weighted by Crippen LogP contribution is 2.16. The van der Waals surface area contributed by atoms with Gasteiger partial charge in [-0.3, -0.25) is 0 Å². The van der Waals surface area contributed by atoms with Crippen molar-refractivity contribution >= 4 is 5.95 Å². The molecule has 1 N–H and O–H groups in total. The van der Waals surface area contributed by atoms with Gasteiger partial charge in [0.1, 0.15) is 0 Å². The van der Waals surface area contributed by atoms with Crippen molar-refractivity contribution < 1.29 is 0 Å². The number of nitrogens with zero attached hydrogens (tertiary/aromatic N) is 3. The quantitative estimate of drug-likeness (QED) is 0.774. The van der Waals surface area contributed by atoms with E-state index in [4.69, 9.17) is 0 Å². The van der Waals surface area contributed by atoms with E-state index in [2.05, 4.69) is 34.0 Å². The van der Waals surface area contributed by atoms with E-state index in [9.17, 15) is 0 Å². The SMILES string of the molecule is Cc1cc(C)nc(N2CC(C)NCC2C)n1. The minimum Gasteiger partial charge on any atom is -0.335 e. The van der Waals surface area contributed by atoms with Crippen molar-refractivity contribution in [3.63, 3.8) is 0 Å². The molecule has 1 fully saturated rings. The van der Waals surface area contributed by atoms with Crippen LogP contribution in [0, 0.1) is 13.8 Å². The minimum absolute atomic E-state index is 0.456. The van der Waals surface area contributed by atoms with Gasteiger partial charge in [-0.05, 0) is 33.8 Å². The number of aromatic nitrogens is 2. The highest BCUT2D eigenvalue weighted by atomic mass is 15.3. The van der Waals surface area contributed by atoms with Crippen LogP contribution in [-0.2, 0) is 0 Å². The predicted molar refractivity (Wildman–Crippen MR) is 65.8 cm³/mol. The van der Waals surface area contributed by atoms with E-state index >= 15 is 0 Å². The number of aryl methyl sites for hydroxylation is 2. The summed E-state index contributed by atoms with van der Waals surface area (Å²) in [5.41, 5.74) is 2.08. The Kier molecular flexibility index (Phi) is 3.10. The molecule has 1 aromatic heterocycles. The monoisotopic (exact) mass is 220 g/mol. The molecular weight excluding hydrogens is 200 g/mol. The second-order valence-corrected chi connectivity index (χ2v) is 4.76. The van der Waals surface area contributed by atoms with Crippen LogP contribution in [0.4, 0.5) is 5.95 Å². The summed E-state index contributed by atoms with van der Waals surface area (Å²) < 4.78 is 0. The molecule has 4 heteroatoms. The predicted octanol–water partition coefficient (Wildman–Crippen LogP) is 1.28. The van der Waals surface area contributed by atoms with Crippen LogP contribution >= 0.6 is 0 Å². The molecule has 2 unspecified atom stereocenters. The second-order valence-electron chi connectivity index (χ2n) is 4.76. The summed E-state index contributed by atoms with van der Waals surface area (Å²) in [6.07, 6.45) is 0. The topological polar surface area (TPSA) is 41.1 Å². The molecule has 1 saturated heterocycles. The molecule has 0 aliphatic carbocycles. The summed E-state index contributed by atoms with van der Waals surface area (Å²) in [6.45, 7) is 10.4. The number of anilines is 1. The third-order valence-electron chi connectivity index (χ3n) is 2.99. The van der Waals surface area contributed by atoms with Gasteiger partial charge >= 0.3 is 0 Å². The first kappa shape index (κ1) is 11.3. The van der Waals surface area contributed by atoms with Gasteiger partial charge in [0.05, 0.1) is 0 Å². The maximum Gasteiger partial charge on any atom is 0.226 e. The Balaban J connectivity index is 2.27. The zero-order chi connectivity index (χ0) is 11.7. The highest BCUT2D eigenvalue weighted by Gasteiger charge is 2.24. The van der Waals surface area contributed by atoms with E-state index in [1.165, 1.54) is 0 Å². The van der Waals surface area contributed by atoms with Crippen LogP contribution < -0.4 is 10.2 Å². The van der Waals surface area contributed by atoms with Gasteiger partial charge < -0.3 is 10.2 Å². The van der Waals surface area contributed by atoms with Crippen molar-refractivity contribution in [2.24, 2.45) is 0 Å². The number of nitrogens with one attached hydrogen (secondary N) is 1. The maximum atomic E-state index is 4.53. The van der Waals surface area contributed by atoms with Gasteiger partial charge in [-0.15, -0.1) is 0 Å². The first-order chi connectivity index (χ1) is 7.56. The van der Waals surface area contributed by atoms with Gasteiger partial charge in [0.2, 0.25) is 5.95 Å². The Labute approximate surface area is 97.1 Å². The van der Waals surface area contributed by atoms with Gasteiger partial charge in [0.25, 0.3) is 0 Å². The summed E-state index contributed by atoms with van der Waals surface area (Å²) in [5.74, 6) is 0.873. The molecular formula is C12H20N4. The fourth-order valence-electron chi connectivity index (χ4n) is 2.14. The lowest BCUT2D eigenvalue weighted by Crippen LogP contribution is -2.55. The Bertz CT molecular complexity index is 357. The Morgan fingerprint density at radius 3 is 2.50 bits per heavy atom. The molecule has 2 heterocycles. The zero-order valence-corrected chi connectivity index (χ0v) is 10.5. The third-order valence-corrected chi connectivity index (χ3v) is 2.99. The van der Waals surface area contributed by atoms with Crippen LogP contribution in [0.15, 0.2) is 6.07 Å². The van der Waals surface area contributed by atoms with Crippen LogP contribution in [0.5, 0.6) is 0 Å². The number of rotatable bonds is 1. The van der Waals surface area contributed by atoms with E-state index in [1.54, 1.807) is 0 Å².